The normalized spacial score (nSPS) is 17.9. The summed E-state index contributed by atoms with van der Waals surface area (Å²) in [6.07, 6.45) is 1.28. The van der Waals surface area contributed by atoms with Crippen LogP contribution in [0.15, 0.2) is 36.4 Å². The topological polar surface area (TPSA) is 82.8 Å². The predicted octanol–water partition coefficient (Wildman–Crippen LogP) is 2.52. The number of amides is 1. The van der Waals surface area contributed by atoms with Crippen molar-refractivity contribution < 1.29 is 19.0 Å². The number of nitrogens with two attached hydrogens (primary N) is 1. The maximum Gasteiger partial charge on any atom is 0.244 e. The highest BCUT2D eigenvalue weighted by molar-refractivity contribution is 5.89. The van der Waals surface area contributed by atoms with Crippen LogP contribution in [0.1, 0.15) is 30.0 Å². The first kappa shape index (κ1) is 19.0. The Morgan fingerprint density at radius 2 is 1.93 bits per heavy atom. The second-order valence-corrected chi connectivity index (χ2v) is 6.56. The number of benzene rings is 2. The lowest BCUT2D eigenvalue weighted by molar-refractivity contribution is -0.126. The van der Waals surface area contributed by atoms with E-state index in [4.69, 9.17) is 19.9 Å². The highest BCUT2D eigenvalue weighted by Gasteiger charge is 2.42. The van der Waals surface area contributed by atoms with E-state index in [9.17, 15) is 4.79 Å². The summed E-state index contributed by atoms with van der Waals surface area (Å²) in [5, 5.41) is 2.96. The van der Waals surface area contributed by atoms with Gasteiger partial charge in [0.2, 0.25) is 5.91 Å². The van der Waals surface area contributed by atoms with E-state index in [1.54, 1.807) is 14.2 Å². The molecule has 0 spiro atoms. The van der Waals surface area contributed by atoms with Crippen LogP contribution >= 0.6 is 0 Å². The van der Waals surface area contributed by atoms with Crippen molar-refractivity contribution in [1.82, 2.24) is 5.32 Å². The zero-order chi connectivity index (χ0) is 19.4. The van der Waals surface area contributed by atoms with Gasteiger partial charge in [-0.15, -0.1) is 0 Å². The lowest BCUT2D eigenvalue weighted by Crippen LogP contribution is -2.49. The third kappa shape index (κ3) is 3.57. The van der Waals surface area contributed by atoms with Crippen LogP contribution in [0.3, 0.4) is 0 Å². The number of methoxy groups -OCH3 is 2. The molecule has 0 aliphatic heterocycles. The molecule has 6 nitrogen and oxygen atoms in total. The van der Waals surface area contributed by atoms with Gasteiger partial charge in [0, 0.05) is 6.54 Å². The van der Waals surface area contributed by atoms with Crippen molar-refractivity contribution in [2.75, 3.05) is 20.8 Å². The molecule has 3 N–H and O–H groups in total. The fourth-order valence-corrected chi connectivity index (χ4v) is 3.56. The molecule has 1 amide bonds. The number of carbonyl (C=O) groups excluding carboxylic acids is 1. The number of hydrogen-bond acceptors (Lipinski definition) is 5. The summed E-state index contributed by atoms with van der Waals surface area (Å²) in [5.74, 6) is 1.91. The largest absolute Gasteiger partial charge is 0.496 e. The molecule has 0 heterocycles. The number of rotatable bonds is 7. The van der Waals surface area contributed by atoms with Gasteiger partial charge >= 0.3 is 0 Å². The summed E-state index contributed by atoms with van der Waals surface area (Å²) in [7, 11) is 3.23. The minimum absolute atomic E-state index is 0.192. The van der Waals surface area contributed by atoms with Crippen LogP contribution in [-0.2, 0) is 23.3 Å². The molecule has 6 heteroatoms. The van der Waals surface area contributed by atoms with Crippen LogP contribution in [0.5, 0.6) is 17.2 Å². The van der Waals surface area contributed by atoms with Crippen molar-refractivity contribution >= 4 is 5.91 Å². The van der Waals surface area contributed by atoms with Gasteiger partial charge in [-0.1, -0.05) is 18.2 Å². The molecular weight excluding hydrogens is 344 g/mol. The number of ether oxygens (including phenoxy) is 3. The second kappa shape index (κ2) is 7.88. The van der Waals surface area contributed by atoms with Crippen LogP contribution in [0.4, 0.5) is 0 Å². The zero-order valence-corrected chi connectivity index (χ0v) is 16.0. The van der Waals surface area contributed by atoms with E-state index >= 15 is 0 Å². The first-order valence-electron chi connectivity index (χ1n) is 9.06. The number of hydrogen-bond donors (Lipinski definition) is 2. The molecule has 0 saturated carbocycles. The molecule has 2 aromatic carbocycles. The Morgan fingerprint density at radius 1 is 1.15 bits per heavy atom. The minimum atomic E-state index is -1.04. The average molecular weight is 370 g/mol. The summed E-state index contributed by atoms with van der Waals surface area (Å²) in [4.78, 5) is 12.9. The molecule has 2 aromatic rings. The molecule has 0 radical (unpaired) electrons. The number of nitrogens with one attached hydrogen (secondary N) is 1. The van der Waals surface area contributed by atoms with E-state index in [2.05, 4.69) is 5.32 Å². The Bertz CT molecular complexity index is 837. The minimum Gasteiger partial charge on any atom is -0.496 e. The summed E-state index contributed by atoms with van der Waals surface area (Å²) in [6, 6.07) is 11.3. The summed E-state index contributed by atoms with van der Waals surface area (Å²) in [5.41, 5.74) is 8.23. The molecule has 1 unspecified atom stereocenters. The van der Waals surface area contributed by atoms with Gasteiger partial charge in [-0.2, -0.15) is 0 Å². The van der Waals surface area contributed by atoms with Crippen molar-refractivity contribution in [3.05, 3.63) is 53.1 Å². The van der Waals surface area contributed by atoms with E-state index in [-0.39, 0.29) is 5.91 Å². The van der Waals surface area contributed by atoms with Crippen molar-refractivity contribution in [3.8, 4) is 17.2 Å². The van der Waals surface area contributed by atoms with Gasteiger partial charge < -0.3 is 25.3 Å². The van der Waals surface area contributed by atoms with Gasteiger partial charge in [-0.3, -0.25) is 4.79 Å². The quantitative estimate of drug-likeness (QED) is 0.783. The predicted molar refractivity (Wildman–Crippen MR) is 103 cm³/mol. The molecular formula is C21H26N2O4. The summed E-state index contributed by atoms with van der Waals surface area (Å²) in [6.45, 7) is 2.84. The molecule has 3 rings (SSSR count). The van der Waals surface area contributed by atoms with Gasteiger partial charge in [0.1, 0.15) is 11.3 Å². The van der Waals surface area contributed by atoms with E-state index in [0.29, 0.717) is 31.1 Å². The Balaban J connectivity index is 1.74. The first-order valence-corrected chi connectivity index (χ1v) is 9.06. The molecule has 1 aliphatic rings. The van der Waals surface area contributed by atoms with E-state index in [1.165, 1.54) is 0 Å². The van der Waals surface area contributed by atoms with Crippen LogP contribution < -0.4 is 25.3 Å². The highest BCUT2D eigenvalue weighted by Crippen LogP contribution is 2.39. The number of carbonyl (C=O) groups is 1. The van der Waals surface area contributed by atoms with Crippen LogP contribution in [-0.4, -0.2) is 26.7 Å². The van der Waals surface area contributed by atoms with Crippen molar-refractivity contribution in [2.24, 2.45) is 5.73 Å². The standard InChI is InChI=1S/C21H26N2O4/c1-4-27-18-9-8-14(12-19(18)26-3)13-23-20(24)21(22)11-10-15-16(21)6-5-7-17(15)25-2/h5-9,12H,4,10-11,13,22H2,1-3H3,(H,23,24). The molecule has 27 heavy (non-hydrogen) atoms. The van der Waals surface area contributed by atoms with Crippen molar-refractivity contribution in [1.29, 1.82) is 0 Å². The third-order valence-electron chi connectivity index (χ3n) is 4.99. The zero-order valence-electron chi connectivity index (χ0n) is 16.0. The van der Waals surface area contributed by atoms with E-state index in [0.717, 1.165) is 28.9 Å². The van der Waals surface area contributed by atoms with Crippen molar-refractivity contribution in [3.63, 3.8) is 0 Å². The van der Waals surface area contributed by atoms with Crippen LogP contribution in [0.25, 0.3) is 0 Å². The average Bonchev–Trinajstić information content (AvgIpc) is 3.05. The molecule has 0 bridgehead atoms. The molecule has 1 aliphatic carbocycles. The fourth-order valence-electron chi connectivity index (χ4n) is 3.56. The van der Waals surface area contributed by atoms with Crippen molar-refractivity contribution in [2.45, 2.75) is 31.8 Å². The van der Waals surface area contributed by atoms with Gasteiger partial charge in [0.05, 0.1) is 20.8 Å². The molecule has 1 atom stereocenters. The van der Waals surface area contributed by atoms with E-state index < -0.39 is 5.54 Å². The van der Waals surface area contributed by atoms with Gasteiger partial charge in [0.25, 0.3) is 0 Å². The maximum atomic E-state index is 12.9. The Labute approximate surface area is 159 Å². The SMILES string of the molecule is CCOc1ccc(CNC(=O)C2(N)CCc3c(OC)cccc32)cc1OC. The lowest BCUT2D eigenvalue weighted by Gasteiger charge is -2.24. The monoisotopic (exact) mass is 370 g/mol. The van der Waals surface area contributed by atoms with Gasteiger partial charge in [-0.05, 0) is 54.7 Å². The summed E-state index contributed by atoms with van der Waals surface area (Å²) >= 11 is 0. The van der Waals surface area contributed by atoms with Gasteiger partial charge in [-0.25, -0.2) is 0 Å². The summed E-state index contributed by atoms with van der Waals surface area (Å²) < 4.78 is 16.3. The highest BCUT2D eigenvalue weighted by atomic mass is 16.5. The molecule has 0 saturated heterocycles. The Kier molecular flexibility index (Phi) is 5.56. The first-order chi connectivity index (χ1) is 13.0. The Hall–Kier alpha value is -2.73. The maximum absolute atomic E-state index is 12.9. The number of fused-ring (bicyclic) bond motifs is 1. The van der Waals surface area contributed by atoms with Crippen LogP contribution in [0.2, 0.25) is 0 Å². The molecule has 144 valence electrons. The second-order valence-electron chi connectivity index (χ2n) is 6.56. The van der Waals surface area contributed by atoms with E-state index in [1.807, 2.05) is 43.3 Å². The third-order valence-corrected chi connectivity index (χ3v) is 4.99. The van der Waals surface area contributed by atoms with Crippen LogP contribution in [0, 0.1) is 0 Å². The molecule has 0 aromatic heterocycles. The lowest BCUT2D eigenvalue weighted by atomic mass is 9.91. The van der Waals surface area contributed by atoms with Gasteiger partial charge in [0.15, 0.2) is 11.5 Å². The molecule has 0 fully saturated rings. The Morgan fingerprint density at radius 3 is 2.63 bits per heavy atom. The fraction of sp³-hybridized carbons (Fsp3) is 0.381. The smallest absolute Gasteiger partial charge is 0.244 e.